The Morgan fingerprint density at radius 3 is 2.39 bits per heavy atom. The van der Waals surface area contributed by atoms with Gasteiger partial charge in [0.1, 0.15) is 0 Å². The Kier molecular flexibility index (Phi) is 5.80. The van der Waals surface area contributed by atoms with Gasteiger partial charge in [-0.05, 0) is 44.7 Å². The second kappa shape index (κ2) is 6.67. The monoisotopic (exact) mass is 268 g/mol. The number of rotatable bonds is 6. The Hall–Kier alpha value is -0.410. The van der Waals surface area contributed by atoms with Gasteiger partial charge in [-0.15, -0.1) is 11.3 Å². The van der Waals surface area contributed by atoms with Crippen LogP contribution in [0.25, 0.3) is 0 Å². The summed E-state index contributed by atoms with van der Waals surface area (Å²) in [6.45, 7) is 15.7. The molecule has 0 aliphatic rings. The molecule has 1 rings (SSSR count). The highest BCUT2D eigenvalue weighted by Crippen LogP contribution is 2.30. The van der Waals surface area contributed by atoms with Crippen LogP contribution in [0, 0.1) is 25.2 Å². The Labute approximate surface area is 116 Å². The summed E-state index contributed by atoms with van der Waals surface area (Å²) in [5.74, 6) is 0.647. The third-order valence-corrected chi connectivity index (χ3v) is 4.63. The first-order chi connectivity index (χ1) is 8.34. The fourth-order valence-electron chi connectivity index (χ4n) is 1.97. The Balaban J connectivity index is 2.66. The highest BCUT2D eigenvalue weighted by Gasteiger charge is 2.25. The van der Waals surface area contributed by atoms with E-state index in [0.29, 0.717) is 11.3 Å². The highest BCUT2D eigenvalue weighted by atomic mass is 32.1. The SMILES string of the molecule is CCCNCC(Cc1nc(C)c(C)s1)C(C)(C)C. The van der Waals surface area contributed by atoms with E-state index in [0.717, 1.165) is 19.5 Å². The molecule has 0 bridgehead atoms. The molecule has 0 aliphatic heterocycles. The molecule has 3 heteroatoms. The van der Waals surface area contributed by atoms with Gasteiger partial charge in [0.25, 0.3) is 0 Å². The van der Waals surface area contributed by atoms with E-state index in [2.05, 4.69) is 51.8 Å². The molecule has 1 atom stereocenters. The lowest BCUT2D eigenvalue weighted by Crippen LogP contribution is -2.33. The minimum atomic E-state index is 0.328. The zero-order valence-corrected chi connectivity index (χ0v) is 13.6. The van der Waals surface area contributed by atoms with E-state index in [1.54, 1.807) is 0 Å². The van der Waals surface area contributed by atoms with Gasteiger partial charge < -0.3 is 5.32 Å². The molecule has 0 aliphatic carbocycles. The lowest BCUT2D eigenvalue weighted by Gasteiger charge is -2.30. The van der Waals surface area contributed by atoms with Crippen molar-refractivity contribution in [1.82, 2.24) is 10.3 Å². The van der Waals surface area contributed by atoms with Crippen molar-refractivity contribution in [3.05, 3.63) is 15.6 Å². The standard InChI is InChI=1S/C15H28N2S/c1-7-8-16-10-13(15(4,5)6)9-14-17-11(2)12(3)18-14/h13,16H,7-10H2,1-6H3. The summed E-state index contributed by atoms with van der Waals surface area (Å²) in [4.78, 5) is 6.04. The summed E-state index contributed by atoms with van der Waals surface area (Å²) in [6, 6.07) is 0. The molecule has 2 nitrogen and oxygen atoms in total. The van der Waals surface area contributed by atoms with E-state index in [1.807, 2.05) is 11.3 Å². The number of aryl methyl sites for hydroxylation is 2. The molecule has 0 amide bonds. The summed E-state index contributed by atoms with van der Waals surface area (Å²) < 4.78 is 0. The molecule has 0 saturated heterocycles. The molecule has 0 aromatic carbocycles. The van der Waals surface area contributed by atoms with E-state index in [4.69, 9.17) is 0 Å². The molecule has 1 N–H and O–H groups in total. The van der Waals surface area contributed by atoms with Crippen molar-refractivity contribution in [1.29, 1.82) is 0 Å². The average Bonchev–Trinajstić information content (AvgIpc) is 2.56. The van der Waals surface area contributed by atoms with Crippen molar-refractivity contribution in [2.45, 2.75) is 54.4 Å². The summed E-state index contributed by atoms with van der Waals surface area (Å²) in [7, 11) is 0. The van der Waals surface area contributed by atoms with Crippen molar-refractivity contribution < 1.29 is 0 Å². The molecular weight excluding hydrogens is 240 g/mol. The maximum atomic E-state index is 4.68. The lowest BCUT2D eigenvalue weighted by molar-refractivity contribution is 0.231. The first-order valence-electron chi connectivity index (χ1n) is 6.98. The van der Waals surface area contributed by atoms with Crippen LogP contribution in [-0.2, 0) is 6.42 Å². The molecule has 1 aromatic rings. The molecular formula is C15H28N2S. The predicted molar refractivity (Wildman–Crippen MR) is 81.4 cm³/mol. The van der Waals surface area contributed by atoms with Crippen molar-refractivity contribution in [2.24, 2.45) is 11.3 Å². The number of nitrogens with zero attached hydrogens (tertiary/aromatic N) is 1. The van der Waals surface area contributed by atoms with Gasteiger partial charge in [-0.1, -0.05) is 27.7 Å². The van der Waals surface area contributed by atoms with E-state index in [1.165, 1.54) is 22.0 Å². The minimum absolute atomic E-state index is 0.328. The van der Waals surface area contributed by atoms with Crippen LogP contribution in [0.2, 0.25) is 0 Å². The van der Waals surface area contributed by atoms with Gasteiger partial charge in [0, 0.05) is 11.3 Å². The Bertz CT molecular complexity index is 344. The summed E-state index contributed by atoms with van der Waals surface area (Å²) in [5, 5.41) is 4.85. The van der Waals surface area contributed by atoms with Crippen LogP contribution < -0.4 is 5.32 Å². The summed E-state index contributed by atoms with van der Waals surface area (Å²) in [5.41, 5.74) is 1.53. The van der Waals surface area contributed by atoms with Crippen LogP contribution >= 0.6 is 11.3 Å². The van der Waals surface area contributed by atoms with Crippen LogP contribution in [0.5, 0.6) is 0 Å². The second-order valence-electron chi connectivity index (χ2n) is 6.22. The molecule has 104 valence electrons. The zero-order chi connectivity index (χ0) is 13.8. The van der Waals surface area contributed by atoms with E-state index >= 15 is 0 Å². The smallest absolute Gasteiger partial charge is 0.0934 e. The molecule has 1 heterocycles. The third kappa shape index (κ3) is 4.69. The summed E-state index contributed by atoms with van der Waals surface area (Å²) >= 11 is 1.86. The van der Waals surface area contributed by atoms with Crippen LogP contribution in [0.3, 0.4) is 0 Å². The quantitative estimate of drug-likeness (QED) is 0.790. The molecule has 0 spiro atoms. The van der Waals surface area contributed by atoms with Gasteiger partial charge in [-0.2, -0.15) is 0 Å². The summed E-state index contributed by atoms with van der Waals surface area (Å²) in [6.07, 6.45) is 2.30. The molecule has 1 unspecified atom stereocenters. The van der Waals surface area contributed by atoms with Crippen molar-refractivity contribution in [2.75, 3.05) is 13.1 Å². The van der Waals surface area contributed by atoms with Crippen LogP contribution in [-0.4, -0.2) is 18.1 Å². The number of hydrogen-bond acceptors (Lipinski definition) is 3. The van der Waals surface area contributed by atoms with Crippen LogP contribution in [0.1, 0.15) is 49.7 Å². The molecule has 0 radical (unpaired) electrons. The van der Waals surface area contributed by atoms with Gasteiger partial charge in [-0.3, -0.25) is 0 Å². The largest absolute Gasteiger partial charge is 0.316 e. The van der Waals surface area contributed by atoms with E-state index in [-0.39, 0.29) is 0 Å². The van der Waals surface area contributed by atoms with Gasteiger partial charge in [0.05, 0.1) is 10.7 Å². The zero-order valence-electron chi connectivity index (χ0n) is 12.8. The van der Waals surface area contributed by atoms with Gasteiger partial charge in [0.15, 0.2) is 0 Å². The average molecular weight is 268 g/mol. The van der Waals surface area contributed by atoms with Crippen molar-refractivity contribution in [3.63, 3.8) is 0 Å². The van der Waals surface area contributed by atoms with Crippen molar-refractivity contribution >= 4 is 11.3 Å². The number of nitrogens with one attached hydrogen (secondary N) is 1. The number of hydrogen-bond donors (Lipinski definition) is 1. The Morgan fingerprint density at radius 1 is 1.28 bits per heavy atom. The lowest BCUT2D eigenvalue weighted by atomic mass is 9.79. The molecule has 0 fully saturated rings. The predicted octanol–water partition coefficient (Wildman–Crippen LogP) is 3.96. The van der Waals surface area contributed by atoms with Crippen LogP contribution in [0.15, 0.2) is 0 Å². The highest BCUT2D eigenvalue weighted by molar-refractivity contribution is 7.11. The van der Waals surface area contributed by atoms with Gasteiger partial charge in [0.2, 0.25) is 0 Å². The molecule has 1 aromatic heterocycles. The second-order valence-corrected chi connectivity index (χ2v) is 7.51. The first-order valence-corrected chi connectivity index (χ1v) is 7.79. The normalized spacial score (nSPS) is 13.9. The Morgan fingerprint density at radius 2 is 1.94 bits per heavy atom. The van der Waals surface area contributed by atoms with Gasteiger partial charge >= 0.3 is 0 Å². The maximum absolute atomic E-state index is 4.68. The van der Waals surface area contributed by atoms with Crippen LogP contribution in [0.4, 0.5) is 0 Å². The fourth-order valence-corrected chi connectivity index (χ4v) is 2.99. The molecule has 0 saturated carbocycles. The van der Waals surface area contributed by atoms with Gasteiger partial charge in [-0.25, -0.2) is 4.98 Å². The number of thiazole rings is 1. The maximum Gasteiger partial charge on any atom is 0.0934 e. The van der Waals surface area contributed by atoms with E-state index < -0.39 is 0 Å². The molecule has 18 heavy (non-hydrogen) atoms. The van der Waals surface area contributed by atoms with Crippen molar-refractivity contribution in [3.8, 4) is 0 Å². The van der Waals surface area contributed by atoms with E-state index in [9.17, 15) is 0 Å². The topological polar surface area (TPSA) is 24.9 Å². The first kappa shape index (κ1) is 15.6. The third-order valence-electron chi connectivity index (χ3n) is 3.54. The number of aromatic nitrogens is 1. The minimum Gasteiger partial charge on any atom is -0.316 e. The fraction of sp³-hybridized carbons (Fsp3) is 0.800.